The summed E-state index contributed by atoms with van der Waals surface area (Å²) in [7, 11) is 0. The Morgan fingerprint density at radius 2 is 2.05 bits per heavy atom. The van der Waals surface area contributed by atoms with Gasteiger partial charge in [-0.25, -0.2) is 0 Å². The third-order valence-corrected chi connectivity index (χ3v) is 4.16. The van der Waals surface area contributed by atoms with Crippen molar-refractivity contribution in [1.82, 2.24) is 4.90 Å². The molecule has 0 radical (unpaired) electrons. The van der Waals surface area contributed by atoms with Gasteiger partial charge in [0.1, 0.15) is 5.75 Å². The Labute approximate surface area is 117 Å². The summed E-state index contributed by atoms with van der Waals surface area (Å²) < 4.78 is 5.39. The predicted molar refractivity (Wildman–Crippen MR) is 71.6 cm³/mol. The van der Waals surface area contributed by atoms with Crippen molar-refractivity contribution in [2.45, 2.75) is 6.92 Å². The molecule has 1 N–H and O–H groups in total. The van der Waals surface area contributed by atoms with Crippen LogP contribution in [0.4, 0.5) is 0 Å². The van der Waals surface area contributed by atoms with Crippen LogP contribution in [0.2, 0.25) is 0 Å². The fourth-order valence-electron chi connectivity index (χ4n) is 3.13. The van der Waals surface area contributed by atoms with E-state index in [1.165, 1.54) is 0 Å². The quantitative estimate of drug-likeness (QED) is 0.904. The van der Waals surface area contributed by atoms with Gasteiger partial charge < -0.3 is 14.7 Å². The Morgan fingerprint density at radius 1 is 1.35 bits per heavy atom. The molecule has 1 amide bonds. The summed E-state index contributed by atoms with van der Waals surface area (Å²) in [5.41, 5.74) is 0.601. The van der Waals surface area contributed by atoms with E-state index in [9.17, 15) is 9.59 Å². The van der Waals surface area contributed by atoms with Crippen LogP contribution >= 0.6 is 0 Å². The largest absolute Gasteiger partial charge is 0.494 e. The molecule has 1 aromatic carbocycles. The van der Waals surface area contributed by atoms with Gasteiger partial charge in [0.05, 0.1) is 12.5 Å². The van der Waals surface area contributed by atoms with Crippen LogP contribution in [0, 0.1) is 17.8 Å². The zero-order valence-electron chi connectivity index (χ0n) is 11.3. The zero-order valence-corrected chi connectivity index (χ0v) is 11.3. The SMILES string of the molecule is CCOc1cccc(C(=O)N2C[C@@H]3C(C(=O)O)[C@@H]3C2)c1. The maximum Gasteiger partial charge on any atom is 0.307 e. The summed E-state index contributed by atoms with van der Waals surface area (Å²) in [6.45, 7) is 3.57. The number of carboxylic acids is 1. The van der Waals surface area contributed by atoms with Gasteiger partial charge in [0, 0.05) is 18.7 Å². The molecule has 1 aliphatic carbocycles. The third kappa shape index (κ3) is 2.13. The Kier molecular flexibility index (Phi) is 3.12. The second-order valence-electron chi connectivity index (χ2n) is 5.36. The van der Waals surface area contributed by atoms with Crippen LogP contribution in [0.3, 0.4) is 0 Å². The van der Waals surface area contributed by atoms with E-state index in [-0.39, 0.29) is 23.7 Å². The number of amides is 1. The molecule has 1 saturated carbocycles. The number of carboxylic acid groups (broad SMARTS) is 1. The lowest BCUT2D eigenvalue weighted by Gasteiger charge is -2.19. The molecule has 106 valence electrons. The van der Waals surface area contributed by atoms with E-state index in [2.05, 4.69) is 0 Å². The highest BCUT2D eigenvalue weighted by Crippen LogP contribution is 2.51. The van der Waals surface area contributed by atoms with Crippen molar-refractivity contribution in [3.8, 4) is 5.75 Å². The summed E-state index contributed by atoms with van der Waals surface area (Å²) in [6, 6.07) is 7.13. The molecule has 2 aliphatic rings. The molecule has 1 aromatic rings. The first-order valence-electron chi connectivity index (χ1n) is 6.86. The molecule has 1 unspecified atom stereocenters. The highest BCUT2D eigenvalue weighted by atomic mass is 16.5. The van der Waals surface area contributed by atoms with Gasteiger partial charge in [-0.15, -0.1) is 0 Å². The molecule has 1 saturated heterocycles. The Bertz CT molecular complexity index is 545. The molecule has 3 rings (SSSR count). The normalized spacial score (nSPS) is 27.1. The Morgan fingerprint density at radius 3 is 2.65 bits per heavy atom. The molecule has 20 heavy (non-hydrogen) atoms. The molecule has 3 atom stereocenters. The van der Waals surface area contributed by atoms with E-state index in [1.807, 2.05) is 13.0 Å². The number of hydrogen-bond acceptors (Lipinski definition) is 3. The maximum absolute atomic E-state index is 12.4. The molecular formula is C15H17NO4. The average molecular weight is 275 g/mol. The van der Waals surface area contributed by atoms with Crippen molar-refractivity contribution in [1.29, 1.82) is 0 Å². The van der Waals surface area contributed by atoms with E-state index in [0.717, 1.165) is 0 Å². The standard InChI is InChI=1S/C15H17NO4/c1-2-20-10-5-3-4-9(6-10)14(17)16-7-11-12(8-16)13(11)15(18)19/h3-6,11-13H,2,7-8H2,1H3,(H,18,19)/t11-,12+,13?. The van der Waals surface area contributed by atoms with Crippen LogP contribution in [0.5, 0.6) is 5.75 Å². The number of ether oxygens (including phenoxy) is 1. The lowest BCUT2D eigenvalue weighted by Crippen LogP contribution is -2.32. The van der Waals surface area contributed by atoms with Gasteiger partial charge in [0.2, 0.25) is 0 Å². The summed E-state index contributed by atoms with van der Waals surface area (Å²) in [4.78, 5) is 25.0. The van der Waals surface area contributed by atoms with E-state index in [1.54, 1.807) is 23.1 Å². The van der Waals surface area contributed by atoms with Gasteiger partial charge in [-0.2, -0.15) is 0 Å². The first-order chi connectivity index (χ1) is 9.61. The van der Waals surface area contributed by atoms with Crippen molar-refractivity contribution < 1.29 is 19.4 Å². The topological polar surface area (TPSA) is 66.8 Å². The smallest absolute Gasteiger partial charge is 0.307 e. The molecule has 0 spiro atoms. The Balaban J connectivity index is 1.66. The first kappa shape index (κ1) is 13.0. The van der Waals surface area contributed by atoms with Crippen molar-refractivity contribution in [3.05, 3.63) is 29.8 Å². The molecule has 2 fully saturated rings. The number of benzene rings is 1. The number of rotatable bonds is 4. The fourth-order valence-corrected chi connectivity index (χ4v) is 3.13. The zero-order chi connectivity index (χ0) is 14.3. The number of fused-ring (bicyclic) bond motifs is 1. The summed E-state index contributed by atoms with van der Waals surface area (Å²) >= 11 is 0. The number of carbonyl (C=O) groups is 2. The second-order valence-corrected chi connectivity index (χ2v) is 5.36. The van der Waals surface area contributed by atoms with Crippen molar-refractivity contribution in [3.63, 3.8) is 0 Å². The number of hydrogen-bond donors (Lipinski definition) is 1. The van der Waals surface area contributed by atoms with Crippen LogP contribution in [-0.2, 0) is 4.79 Å². The second kappa shape index (κ2) is 4.81. The van der Waals surface area contributed by atoms with E-state index in [4.69, 9.17) is 9.84 Å². The lowest BCUT2D eigenvalue weighted by molar-refractivity contribution is -0.139. The summed E-state index contributed by atoms with van der Waals surface area (Å²) in [6.07, 6.45) is 0. The Hall–Kier alpha value is -2.04. The first-order valence-corrected chi connectivity index (χ1v) is 6.86. The fraction of sp³-hybridized carbons (Fsp3) is 0.467. The predicted octanol–water partition coefficient (Wildman–Crippen LogP) is 1.49. The van der Waals surface area contributed by atoms with Crippen LogP contribution in [-0.4, -0.2) is 41.6 Å². The number of piperidine rings is 1. The number of likely N-dealkylation sites (tertiary alicyclic amines) is 1. The van der Waals surface area contributed by atoms with Gasteiger partial charge >= 0.3 is 5.97 Å². The van der Waals surface area contributed by atoms with Gasteiger partial charge in [-0.05, 0) is 37.0 Å². The van der Waals surface area contributed by atoms with Gasteiger partial charge in [0.25, 0.3) is 5.91 Å². The molecular weight excluding hydrogens is 258 g/mol. The van der Waals surface area contributed by atoms with Crippen molar-refractivity contribution in [2.75, 3.05) is 19.7 Å². The molecule has 5 heteroatoms. The van der Waals surface area contributed by atoms with Gasteiger partial charge in [0.15, 0.2) is 0 Å². The van der Waals surface area contributed by atoms with Crippen LogP contribution in [0.1, 0.15) is 17.3 Å². The summed E-state index contributed by atoms with van der Waals surface area (Å²) in [5, 5.41) is 8.98. The highest BCUT2D eigenvalue weighted by Gasteiger charge is 2.60. The van der Waals surface area contributed by atoms with Gasteiger partial charge in [-0.1, -0.05) is 6.07 Å². The molecule has 1 aliphatic heterocycles. The maximum atomic E-state index is 12.4. The monoisotopic (exact) mass is 275 g/mol. The van der Waals surface area contributed by atoms with Crippen LogP contribution in [0.25, 0.3) is 0 Å². The lowest BCUT2D eigenvalue weighted by atomic mass is 10.1. The number of carbonyl (C=O) groups excluding carboxylic acids is 1. The van der Waals surface area contributed by atoms with Gasteiger partial charge in [-0.3, -0.25) is 9.59 Å². The molecule has 1 heterocycles. The molecule has 0 bridgehead atoms. The minimum Gasteiger partial charge on any atom is -0.494 e. The van der Waals surface area contributed by atoms with E-state index >= 15 is 0 Å². The minimum absolute atomic E-state index is 0.0390. The molecule has 5 nitrogen and oxygen atoms in total. The van der Waals surface area contributed by atoms with Crippen LogP contribution < -0.4 is 4.74 Å². The van der Waals surface area contributed by atoms with E-state index < -0.39 is 5.97 Å². The van der Waals surface area contributed by atoms with Crippen molar-refractivity contribution >= 4 is 11.9 Å². The number of aliphatic carboxylic acids is 1. The van der Waals surface area contributed by atoms with Crippen molar-refractivity contribution in [2.24, 2.45) is 17.8 Å². The minimum atomic E-state index is -0.731. The third-order valence-electron chi connectivity index (χ3n) is 4.16. The van der Waals surface area contributed by atoms with E-state index in [0.29, 0.717) is 31.0 Å². The number of nitrogens with zero attached hydrogens (tertiary/aromatic N) is 1. The van der Waals surface area contributed by atoms with Crippen LogP contribution in [0.15, 0.2) is 24.3 Å². The average Bonchev–Trinajstić information content (AvgIpc) is 2.95. The summed E-state index contributed by atoms with van der Waals surface area (Å²) in [5.74, 6) is -0.0358. The highest BCUT2D eigenvalue weighted by molar-refractivity contribution is 5.95. The molecule has 0 aromatic heterocycles.